The number of pyridine rings is 2. The van der Waals surface area contributed by atoms with Crippen molar-refractivity contribution >= 4 is 11.0 Å². The normalized spacial score (nSPS) is 16.2. The lowest BCUT2D eigenvalue weighted by molar-refractivity contribution is -0.00182. The van der Waals surface area contributed by atoms with Crippen LogP contribution in [0.25, 0.3) is 39.0 Å². The molecule has 1 aliphatic heterocycles. The SMILES string of the molecule is CC(C)c1cnnn1-c1ccc(-c2cncc(-c3ccnc4c3cc3n4CCN(C)C3O)c2)cc1. The maximum absolute atomic E-state index is 10.7. The summed E-state index contributed by atoms with van der Waals surface area (Å²) in [5.74, 6) is 0.337. The number of aliphatic hydroxyl groups excluding tert-OH is 1. The van der Waals surface area contributed by atoms with Gasteiger partial charge in [0.05, 0.1) is 23.3 Å². The summed E-state index contributed by atoms with van der Waals surface area (Å²) >= 11 is 0. The van der Waals surface area contributed by atoms with Gasteiger partial charge in [-0.05, 0) is 54.4 Å². The second-order valence-electron chi connectivity index (χ2n) is 9.41. The number of likely N-dealkylation sites (N-methyl/N-ethyl adjacent to an activating group) is 1. The Kier molecular flexibility index (Phi) is 5.20. The van der Waals surface area contributed by atoms with Gasteiger partial charge < -0.3 is 9.67 Å². The Bertz CT molecular complexity index is 1520. The molecule has 6 rings (SSSR count). The van der Waals surface area contributed by atoms with Crippen LogP contribution >= 0.6 is 0 Å². The summed E-state index contributed by atoms with van der Waals surface area (Å²) in [7, 11) is 1.94. The lowest BCUT2D eigenvalue weighted by Gasteiger charge is -2.30. The average Bonchev–Trinajstić information content (AvgIpc) is 3.52. The number of nitrogens with zero attached hydrogens (tertiary/aromatic N) is 7. The van der Waals surface area contributed by atoms with E-state index in [-0.39, 0.29) is 0 Å². The van der Waals surface area contributed by atoms with E-state index in [0.717, 1.165) is 63.5 Å². The predicted molar refractivity (Wildman–Crippen MR) is 135 cm³/mol. The van der Waals surface area contributed by atoms with Gasteiger partial charge in [0.1, 0.15) is 11.9 Å². The Balaban J connectivity index is 1.38. The van der Waals surface area contributed by atoms with Crippen molar-refractivity contribution in [1.82, 2.24) is 34.4 Å². The van der Waals surface area contributed by atoms with Gasteiger partial charge >= 0.3 is 0 Å². The predicted octanol–water partition coefficient (Wildman–Crippen LogP) is 4.41. The maximum atomic E-state index is 10.7. The van der Waals surface area contributed by atoms with E-state index in [9.17, 15) is 5.11 Å². The zero-order valence-electron chi connectivity index (χ0n) is 20.0. The summed E-state index contributed by atoms with van der Waals surface area (Å²) < 4.78 is 4.01. The molecular formula is C27H27N7O. The van der Waals surface area contributed by atoms with Crippen LogP contribution in [-0.2, 0) is 6.54 Å². The van der Waals surface area contributed by atoms with Crippen LogP contribution in [0, 0.1) is 0 Å². The van der Waals surface area contributed by atoms with Crippen LogP contribution in [0.5, 0.6) is 0 Å². The van der Waals surface area contributed by atoms with Crippen LogP contribution in [0.1, 0.15) is 37.4 Å². The molecule has 8 heteroatoms. The summed E-state index contributed by atoms with van der Waals surface area (Å²) in [5, 5.41) is 20.0. The molecule has 1 N–H and O–H groups in total. The average molecular weight is 466 g/mol. The van der Waals surface area contributed by atoms with E-state index in [4.69, 9.17) is 0 Å². The summed E-state index contributed by atoms with van der Waals surface area (Å²) in [6, 6.07) is 14.5. The smallest absolute Gasteiger partial charge is 0.148 e. The van der Waals surface area contributed by atoms with Gasteiger partial charge in [0.15, 0.2) is 0 Å². The number of hydrogen-bond donors (Lipinski definition) is 1. The first kappa shape index (κ1) is 21.6. The zero-order valence-corrected chi connectivity index (χ0v) is 20.0. The molecule has 0 saturated carbocycles. The van der Waals surface area contributed by atoms with Gasteiger partial charge in [0.25, 0.3) is 0 Å². The van der Waals surface area contributed by atoms with Gasteiger partial charge in [-0.15, -0.1) is 5.10 Å². The molecule has 1 atom stereocenters. The molecule has 0 fully saturated rings. The fourth-order valence-corrected chi connectivity index (χ4v) is 4.85. The molecule has 1 unspecified atom stereocenters. The maximum Gasteiger partial charge on any atom is 0.148 e. The van der Waals surface area contributed by atoms with Gasteiger partial charge in [0, 0.05) is 48.2 Å². The highest BCUT2D eigenvalue weighted by Crippen LogP contribution is 2.35. The Hall–Kier alpha value is -3.88. The molecule has 5 heterocycles. The molecule has 0 spiro atoms. The fraction of sp³-hybridized carbons (Fsp3) is 0.259. The number of benzene rings is 1. The van der Waals surface area contributed by atoms with Crippen molar-refractivity contribution in [2.75, 3.05) is 13.6 Å². The summed E-state index contributed by atoms with van der Waals surface area (Å²) in [4.78, 5) is 11.1. The van der Waals surface area contributed by atoms with Crippen LogP contribution in [0.15, 0.2) is 67.3 Å². The Labute approximate surface area is 203 Å². The van der Waals surface area contributed by atoms with Crippen LogP contribution in [0.4, 0.5) is 0 Å². The van der Waals surface area contributed by atoms with E-state index in [1.807, 2.05) is 47.5 Å². The van der Waals surface area contributed by atoms with E-state index >= 15 is 0 Å². The number of aliphatic hydroxyl groups is 1. The molecule has 176 valence electrons. The molecule has 35 heavy (non-hydrogen) atoms. The topological polar surface area (TPSA) is 84.9 Å². The van der Waals surface area contributed by atoms with Crippen molar-refractivity contribution in [2.24, 2.45) is 0 Å². The van der Waals surface area contributed by atoms with Crippen LogP contribution in [-0.4, -0.2) is 53.1 Å². The largest absolute Gasteiger partial charge is 0.373 e. The second-order valence-corrected chi connectivity index (χ2v) is 9.41. The summed E-state index contributed by atoms with van der Waals surface area (Å²) in [5.41, 5.74) is 8.02. The van der Waals surface area contributed by atoms with Gasteiger partial charge in [0.2, 0.25) is 0 Å². The quantitative estimate of drug-likeness (QED) is 0.423. The lowest BCUT2D eigenvalue weighted by atomic mass is 10.0. The molecule has 5 aromatic rings. The number of hydrogen-bond acceptors (Lipinski definition) is 6. The third kappa shape index (κ3) is 3.62. The number of aromatic nitrogens is 6. The highest BCUT2D eigenvalue weighted by molar-refractivity contribution is 5.94. The number of fused-ring (bicyclic) bond motifs is 3. The van der Waals surface area contributed by atoms with E-state index in [0.29, 0.717) is 5.92 Å². The minimum Gasteiger partial charge on any atom is -0.373 e. The van der Waals surface area contributed by atoms with Crippen LogP contribution < -0.4 is 0 Å². The third-order valence-electron chi connectivity index (χ3n) is 6.85. The fourth-order valence-electron chi connectivity index (χ4n) is 4.85. The first-order valence-electron chi connectivity index (χ1n) is 11.8. The summed E-state index contributed by atoms with van der Waals surface area (Å²) in [6.07, 6.45) is 6.79. The highest BCUT2D eigenvalue weighted by atomic mass is 16.3. The Morgan fingerprint density at radius 1 is 0.943 bits per heavy atom. The van der Waals surface area contributed by atoms with Crippen molar-refractivity contribution in [3.63, 3.8) is 0 Å². The molecule has 4 aromatic heterocycles. The van der Waals surface area contributed by atoms with E-state index < -0.39 is 6.23 Å². The first-order chi connectivity index (χ1) is 17.0. The van der Waals surface area contributed by atoms with E-state index in [1.165, 1.54) is 0 Å². The van der Waals surface area contributed by atoms with Crippen LogP contribution in [0.2, 0.25) is 0 Å². The molecular weight excluding hydrogens is 438 g/mol. The zero-order chi connectivity index (χ0) is 24.1. The van der Waals surface area contributed by atoms with Crippen molar-refractivity contribution in [3.8, 4) is 27.9 Å². The highest BCUT2D eigenvalue weighted by Gasteiger charge is 2.26. The lowest BCUT2D eigenvalue weighted by Crippen LogP contribution is -2.34. The van der Waals surface area contributed by atoms with Gasteiger partial charge in [-0.25, -0.2) is 9.67 Å². The first-order valence-corrected chi connectivity index (χ1v) is 11.8. The Morgan fingerprint density at radius 2 is 1.74 bits per heavy atom. The monoisotopic (exact) mass is 465 g/mol. The second kappa shape index (κ2) is 8.41. The van der Waals surface area contributed by atoms with Gasteiger partial charge in [-0.1, -0.05) is 31.2 Å². The summed E-state index contributed by atoms with van der Waals surface area (Å²) in [6.45, 7) is 5.86. The van der Waals surface area contributed by atoms with Gasteiger partial charge in [-0.2, -0.15) is 0 Å². The third-order valence-corrected chi connectivity index (χ3v) is 6.85. The Morgan fingerprint density at radius 3 is 2.54 bits per heavy atom. The molecule has 0 saturated heterocycles. The van der Waals surface area contributed by atoms with Crippen molar-refractivity contribution < 1.29 is 5.11 Å². The van der Waals surface area contributed by atoms with E-state index in [2.05, 4.69) is 75.1 Å². The van der Waals surface area contributed by atoms with Crippen LogP contribution in [0.3, 0.4) is 0 Å². The standard InChI is InChI=1S/C27H27N7O/c1-17(2)25-16-30-31-34(25)21-6-4-18(5-7-21)19-12-20(15-28-14-19)22-8-9-29-26-23(22)13-24-27(35)32(3)10-11-33(24)26/h4-9,12-17,27,35H,10-11H2,1-3H3. The van der Waals surface area contributed by atoms with E-state index in [1.54, 1.807) is 0 Å². The van der Waals surface area contributed by atoms with Crippen molar-refractivity contribution in [3.05, 3.63) is 78.6 Å². The molecule has 0 bridgehead atoms. The van der Waals surface area contributed by atoms with Gasteiger partial charge in [-0.3, -0.25) is 9.88 Å². The van der Waals surface area contributed by atoms with Crippen molar-refractivity contribution in [2.45, 2.75) is 32.5 Å². The van der Waals surface area contributed by atoms with Crippen molar-refractivity contribution in [1.29, 1.82) is 0 Å². The molecule has 8 nitrogen and oxygen atoms in total. The molecule has 0 amide bonds. The molecule has 0 aliphatic carbocycles. The molecule has 1 aromatic carbocycles. The minimum atomic E-state index is -0.630. The molecule has 1 aliphatic rings. The minimum absolute atomic E-state index is 0.337. The molecule has 0 radical (unpaired) electrons. The number of rotatable bonds is 4.